The number of fused-ring (bicyclic) bond motifs is 1. The summed E-state index contributed by atoms with van der Waals surface area (Å²) in [4.78, 5) is 29.2. The molecule has 0 aliphatic heterocycles. The fraction of sp³-hybridized carbons (Fsp3) is 0.231. The van der Waals surface area contributed by atoms with E-state index in [0.29, 0.717) is 33.8 Å². The Morgan fingerprint density at radius 2 is 1.83 bits per heavy atom. The number of nitrogens with two attached hydrogens (primary N) is 1. The van der Waals surface area contributed by atoms with Crippen LogP contribution in [0.25, 0.3) is 16.6 Å². The number of rotatable bonds is 7. The SMILES string of the molecule is CCOC(=O)c1cn2ncnc(N)c2c1-c1ccc(NC(=O)Nc2cccc(CC(C)C)c2)cc1. The Hall–Kier alpha value is -4.40. The molecule has 2 aromatic carbocycles. The van der Waals surface area contributed by atoms with Crippen molar-refractivity contribution in [2.75, 3.05) is 23.0 Å². The molecule has 0 saturated carbocycles. The predicted molar refractivity (Wildman–Crippen MR) is 136 cm³/mol. The molecular formula is C26H28N6O3. The number of benzene rings is 2. The lowest BCUT2D eigenvalue weighted by Crippen LogP contribution is -2.19. The van der Waals surface area contributed by atoms with E-state index in [9.17, 15) is 9.59 Å². The van der Waals surface area contributed by atoms with Crippen molar-refractivity contribution in [3.8, 4) is 11.1 Å². The van der Waals surface area contributed by atoms with Gasteiger partial charge in [-0.15, -0.1) is 0 Å². The lowest BCUT2D eigenvalue weighted by Gasteiger charge is -2.11. The molecule has 0 radical (unpaired) electrons. The highest BCUT2D eigenvalue weighted by Crippen LogP contribution is 2.33. The van der Waals surface area contributed by atoms with Gasteiger partial charge in [0.25, 0.3) is 0 Å². The molecule has 180 valence electrons. The maximum Gasteiger partial charge on any atom is 0.340 e. The molecule has 0 atom stereocenters. The van der Waals surface area contributed by atoms with Crippen LogP contribution in [0.4, 0.5) is 22.0 Å². The number of ether oxygens (including phenoxy) is 1. The van der Waals surface area contributed by atoms with Gasteiger partial charge in [-0.3, -0.25) is 0 Å². The third-order valence-corrected chi connectivity index (χ3v) is 5.36. The molecule has 4 N–H and O–H groups in total. The Bertz CT molecular complexity index is 1360. The van der Waals surface area contributed by atoms with Gasteiger partial charge in [-0.2, -0.15) is 5.10 Å². The van der Waals surface area contributed by atoms with Crippen molar-refractivity contribution in [3.63, 3.8) is 0 Å². The fourth-order valence-electron chi connectivity index (χ4n) is 3.95. The van der Waals surface area contributed by atoms with Crippen molar-refractivity contribution in [3.05, 3.63) is 72.2 Å². The number of carbonyl (C=O) groups excluding carboxylic acids is 2. The molecule has 0 aliphatic rings. The number of hydrogen-bond donors (Lipinski definition) is 3. The Morgan fingerprint density at radius 3 is 2.54 bits per heavy atom. The minimum atomic E-state index is -0.478. The fourth-order valence-corrected chi connectivity index (χ4v) is 3.95. The number of urea groups is 1. The predicted octanol–water partition coefficient (Wildman–Crippen LogP) is 5.00. The minimum absolute atomic E-state index is 0.240. The van der Waals surface area contributed by atoms with E-state index in [0.717, 1.165) is 12.1 Å². The third kappa shape index (κ3) is 5.40. The maximum absolute atomic E-state index is 12.6. The lowest BCUT2D eigenvalue weighted by atomic mass is 10.0. The second-order valence-electron chi connectivity index (χ2n) is 8.53. The zero-order valence-corrected chi connectivity index (χ0v) is 19.9. The van der Waals surface area contributed by atoms with Crippen LogP contribution < -0.4 is 16.4 Å². The Kier molecular flexibility index (Phi) is 6.96. The van der Waals surface area contributed by atoms with E-state index in [1.165, 1.54) is 16.4 Å². The molecule has 4 aromatic rings. The molecule has 2 heterocycles. The van der Waals surface area contributed by atoms with Crippen molar-refractivity contribution < 1.29 is 14.3 Å². The van der Waals surface area contributed by atoms with Crippen molar-refractivity contribution in [2.45, 2.75) is 27.2 Å². The van der Waals surface area contributed by atoms with Crippen LogP contribution in [0.1, 0.15) is 36.7 Å². The second-order valence-corrected chi connectivity index (χ2v) is 8.53. The zero-order valence-electron chi connectivity index (χ0n) is 19.9. The van der Waals surface area contributed by atoms with Gasteiger partial charge in [-0.1, -0.05) is 38.1 Å². The van der Waals surface area contributed by atoms with E-state index >= 15 is 0 Å². The van der Waals surface area contributed by atoms with Crippen molar-refractivity contribution >= 4 is 34.7 Å². The first-order valence-corrected chi connectivity index (χ1v) is 11.4. The molecule has 4 rings (SSSR count). The van der Waals surface area contributed by atoms with Gasteiger partial charge in [0, 0.05) is 23.1 Å². The molecule has 35 heavy (non-hydrogen) atoms. The number of nitrogen functional groups attached to an aromatic ring is 1. The molecule has 9 nitrogen and oxygen atoms in total. The molecule has 0 unspecified atom stereocenters. The number of aromatic nitrogens is 3. The number of nitrogens with one attached hydrogen (secondary N) is 2. The second kappa shape index (κ2) is 10.3. The summed E-state index contributed by atoms with van der Waals surface area (Å²) < 4.78 is 6.73. The monoisotopic (exact) mass is 472 g/mol. The zero-order chi connectivity index (χ0) is 24.9. The Morgan fingerprint density at radius 1 is 1.09 bits per heavy atom. The third-order valence-electron chi connectivity index (χ3n) is 5.36. The summed E-state index contributed by atoms with van der Waals surface area (Å²) in [7, 11) is 0. The molecule has 2 amide bonds. The topological polar surface area (TPSA) is 124 Å². The summed E-state index contributed by atoms with van der Waals surface area (Å²) in [5.41, 5.74) is 10.7. The standard InChI is InChI=1S/C26H28N6O3/c1-4-35-25(33)21-14-32-23(24(27)28-15-29-32)22(21)18-8-10-19(11-9-18)30-26(34)31-20-7-5-6-17(13-20)12-16(2)3/h5-11,13-16H,4,12H2,1-3H3,(H2,27,28,29)(H2,30,31,34). The first-order chi connectivity index (χ1) is 16.9. The highest BCUT2D eigenvalue weighted by atomic mass is 16.5. The lowest BCUT2D eigenvalue weighted by molar-refractivity contribution is 0.0527. The van der Waals surface area contributed by atoms with Gasteiger partial charge < -0.3 is 21.1 Å². The van der Waals surface area contributed by atoms with Crippen LogP contribution >= 0.6 is 0 Å². The molecule has 0 fully saturated rings. The van der Waals surface area contributed by atoms with E-state index in [-0.39, 0.29) is 18.5 Å². The Balaban J connectivity index is 1.55. The van der Waals surface area contributed by atoms with Crippen LogP contribution in [0.2, 0.25) is 0 Å². The molecular weight excluding hydrogens is 444 g/mol. The summed E-state index contributed by atoms with van der Waals surface area (Å²) in [6.07, 6.45) is 3.84. The van der Waals surface area contributed by atoms with E-state index < -0.39 is 5.97 Å². The smallest absolute Gasteiger partial charge is 0.340 e. The van der Waals surface area contributed by atoms with E-state index in [1.54, 1.807) is 37.4 Å². The normalized spacial score (nSPS) is 11.0. The van der Waals surface area contributed by atoms with Crippen LogP contribution in [0, 0.1) is 5.92 Å². The average molecular weight is 473 g/mol. The molecule has 0 bridgehead atoms. The Labute approximate surface area is 203 Å². The van der Waals surface area contributed by atoms with Gasteiger partial charge in [-0.05, 0) is 54.7 Å². The summed E-state index contributed by atoms with van der Waals surface area (Å²) >= 11 is 0. The quantitative estimate of drug-likeness (QED) is 0.325. The van der Waals surface area contributed by atoms with Gasteiger partial charge in [0.1, 0.15) is 11.8 Å². The number of carbonyl (C=O) groups is 2. The summed E-state index contributed by atoms with van der Waals surface area (Å²) in [6, 6.07) is 14.6. The van der Waals surface area contributed by atoms with Crippen LogP contribution in [0.3, 0.4) is 0 Å². The number of amides is 2. The van der Waals surface area contributed by atoms with Crippen LogP contribution in [-0.2, 0) is 11.2 Å². The van der Waals surface area contributed by atoms with Crippen LogP contribution in [-0.4, -0.2) is 33.2 Å². The van der Waals surface area contributed by atoms with E-state index in [1.807, 2.05) is 18.2 Å². The number of esters is 1. The molecule has 2 aromatic heterocycles. The van der Waals surface area contributed by atoms with Crippen LogP contribution in [0.15, 0.2) is 61.1 Å². The first-order valence-electron chi connectivity index (χ1n) is 11.4. The van der Waals surface area contributed by atoms with Gasteiger partial charge in [0.15, 0.2) is 5.82 Å². The molecule has 9 heteroatoms. The van der Waals surface area contributed by atoms with E-state index in [4.69, 9.17) is 10.5 Å². The van der Waals surface area contributed by atoms with Gasteiger partial charge in [0.2, 0.25) is 0 Å². The van der Waals surface area contributed by atoms with Crippen molar-refractivity contribution in [1.29, 1.82) is 0 Å². The van der Waals surface area contributed by atoms with Crippen molar-refractivity contribution in [1.82, 2.24) is 14.6 Å². The molecule has 0 spiro atoms. The van der Waals surface area contributed by atoms with Crippen LogP contribution in [0.5, 0.6) is 0 Å². The molecule has 0 saturated heterocycles. The summed E-state index contributed by atoms with van der Waals surface area (Å²) in [5.74, 6) is 0.294. The largest absolute Gasteiger partial charge is 0.462 e. The number of hydrogen-bond acceptors (Lipinski definition) is 6. The first kappa shape index (κ1) is 23.7. The van der Waals surface area contributed by atoms with Gasteiger partial charge in [0.05, 0.1) is 12.2 Å². The van der Waals surface area contributed by atoms with Gasteiger partial charge >= 0.3 is 12.0 Å². The van der Waals surface area contributed by atoms with Gasteiger partial charge in [-0.25, -0.2) is 19.1 Å². The molecule has 0 aliphatic carbocycles. The number of nitrogens with zero attached hydrogens (tertiary/aromatic N) is 3. The highest BCUT2D eigenvalue weighted by Gasteiger charge is 2.22. The summed E-state index contributed by atoms with van der Waals surface area (Å²) in [5, 5.41) is 9.86. The average Bonchev–Trinajstić information content (AvgIpc) is 3.21. The minimum Gasteiger partial charge on any atom is -0.462 e. The van der Waals surface area contributed by atoms with E-state index in [2.05, 4.69) is 40.6 Å². The van der Waals surface area contributed by atoms with Crippen molar-refractivity contribution in [2.24, 2.45) is 5.92 Å². The number of anilines is 3. The highest BCUT2D eigenvalue weighted by molar-refractivity contribution is 6.05. The maximum atomic E-state index is 12.6. The summed E-state index contributed by atoms with van der Waals surface area (Å²) in [6.45, 7) is 6.30.